The van der Waals surface area contributed by atoms with E-state index in [0.717, 1.165) is 6.42 Å². The van der Waals surface area contributed by atoms with E-state index in [2.05, 4.69) is 12.2 Å². The first-order valence-electron chi connectivity index (χ1n) is 5.57. The Morgan fingerprint density at radius 3 is 2.81 bits per heavy atom. The van der Waals surface area contributed by atoms with E-state index in [1.165, 1.54) is 4.88 Å². The first-order valence-corrected chi connectivity index (χ1v) is 6.45. The molecular weight excluding hydrogens is 222 g/mol. The van der Waals surface area contributed by atoms with Gasteiger partial charge in [0.15, 0.2) is 0 Å². The van der Waals surface area contributed by atoms with Crippen LogP contribution in [0.3, 0.4) is 0 Å². The number of hydrogen-bond acceptors (Lipinski definition) is 3. The molecular formula is C12H19NO2S. The first-order chi connectivity index (χ1) is 7.63. The number of carbonyl (C=O) groups excluding carboxylic acids is 1. The van der Waals surface area contributed by atoms with Crippen LogP contribution in [0, 0.1) is 0 Å². The van der Waals surface area contributed by atoms with Gasteiger partial charge in [-0.2, -0.15) is 0 Å². The standard InChI is InChI=1S/C12H19NO2S/c1-4-10(11-6-5-7-16-11)13-12(14)8-15-9(2)3/h5-7,9-10H,4,8H2,1-3H3,(H,13,14). The molecule has 1 heterocycles. The molecule has 0 aliphatic carbocycles. The summed E-state index contributed by atoms with van der Waals surface area (Å²) in [7, 11) is 0. The quantitative estimate of drug-likeness (QED) is 0.831. The Morgan fingerprint density at radius 2 is 2.31 bits per heavy atom. The average Bonchev–Trinajstić information content (AvgIpc) is 2.76. The minimum Gasteiger partial charge on any atom is -0.369 e. The van der Waals surface area contributed by atoms with Crippen molar-refractivity contribution in [2.75, 3.05) is 6.61 Å². The predicted octanol–water partition coefficient (Wildman–Crippen LogP) is 2.74. The topological polar surface area (TPSA) is 38.3 Å². The number of nitrogens with one attached hydrogen (secondary N) is 1. The number of thiophene rings is 1. The lowest BCUT2D eigenvalue weighted by Crippen LogP contribution is -2.31. The van der Waals surface area contributed by atoms with Crippen molar-refractivity contribution >= 4 is 17.2 Å². The monoisotopic (exact) mass is 241 g/mol. The molecule has 1 amide bonds. The van der Waals surface area contributed by atoms with Gasteiger partial charge in [0.1, 0.15) is 6.61 Å². The smallest absolute Gasteiger partial charge is 0.246 e. The van der Waals surface area contributed by atoms with Gasteiger partial charge in [0.05, 0.1) is 12.1 Å². The van der Waals surface area contributed by atoms with Gasteiger partial charge in [-0.05, 0) is 31.7 Å². The second-order valence-electron chi connectivity index (χ2n) is 3.90. The van der Waals surface area contributed by atoms with Gasteiger partial charge in [-0.3, -0.25) is 4.79 Å². The third kappa shape index (κ3) is 4.33. The average molecular weight is 241 g/mol. The molecule has 0 bridgehead atoms. The van der Waals surface area contributed by atoms with E-state index in [9.17, 15) is 4.79 Å². The van der Waals surface area contributed by atoms with E-state index in [-0.39, 0.29) is 24.7 Å². The fourth-order valence-corrected chi connectivity index (χ4v) is 2.20. The molecule has 1 aromatic heterocycles. The molecule has 1 rings (SSSR count). The van der Waals surface area contributed by atoms with Crippen LogP contribution in [-0.2, 0) is 9.53 Å². The van der Waals surface area contributed by atoms with E-state index in [1.54, 1.807) is 11.3 Å². The molecule has 0 aromatic carbocycles. The van der Waals surface area contributed by atoms with Gasteiger partial charge in [-0.15, -0.1) is 11.3 Å². The van der Waals surface area contributed by atoms with E-state index in [1.807, 2.05) is 31.4 Å². The Labute approximate surface area is 101 Å². The highest BCUT2D eigenvalue weighted by Crippen LogP contribution is 2.21. The molecule has 1 unspecified atom stereocenters. The third-order valence-corrected chi connectivity index (χ3v) is 3.16. The predicted molar refractivity (Wildman–Crippen MR) is 66.6 cm³/mol. The SMILES string of the molecule is CCC(NC(=O)COC(C)C)c1cccs1. The summed E-state index contributed by atoms with van der Waals surface area (Å²) in [4.78, 5) is 12.8. The lowest BCUT2D eigenvalue weighted by Gasteiger charge is -2.16. The highest BCUT2D eigenvalue weighted by molar-refractivity contribution is 7.10. The highest BCUT2D eigenvalue weighted by atomic mass is 32.1. The fourth-order valence-electron chi connectivity index (χ4n) is 1.34. The van der Waals surface area contributed by atoms with Crippen molar-refractivity contribution in [1.29, 1.82) is 0 Å². The van der Waals surface area contributed by atoms with Gasteiger partial charge in [0, 0.05) is 4.88 Å². The van der Waals surface area contributed by atoms with Crippen LogP contribution in [0.2, 0.25) is 0 Å². The summed E-state index contributed by atoms with van der Waals surface area (Å²) in [6.07, 6.45) is 0.987. The highest BCUT2D eigenvalue weighted by Gasteiger charge is 2.13. The zero-order valence-electron chi connectivity index (χ0n) is 10.0. The minimum absolute atomic E-state index is 0.0473. The summed E-state index contributed by atoms with van der Waals surface area (Å²) in [5.41, 5.74) is 0. The molecule has 1 aromatic rings. The molecule has 0 aliphatic rings. The largest absolute Gasteiger partial charge is 0.369 e. The van der Waals surface area contributed by atoms with E-state index >= 15 is 0 Å². The normalized spacial score (nSPS) is 12.8. The van der Waals surface area contributed by atoms with Crippen LogP contribution >= 0.6 is 11.3 Å². The van der Waals surface area contributed by atoms with Crippen LogP contribution in [0.25, 0.3) is 0 Å². The maximum Gasteiger partial charge on any atom is 0.246 e. The fraction of sp³-hybridized carbons (Fsp3) is 0.583. The number of ether oxygens (including phenoxy) is 1. The minimum atomic E-state index is -0.0473. The van der Waals surface area contributed by atoms with Gasteiger partial charge >= 0.3 is 0 Å². The van der Waals surface area contributed by atoms with Crippen LogP contribution in [-0.4, -0.2) is 18.6 Å². The van der Waals surface area contributed by atoms with Crippen LogP contribution < -0.4 is 5.32 Å². The zero-order chi connectivity index (χ0) is 12.0. The molecule has 4 heteroatoms. The van der Waals surface area contributed by atoms with Gasteiger partial charge in [-0.1, -0.05) is 13.0 Å². The molecule has 0 saturated heterocycles. The lowest BCUT2D eigenvalue weighted by atomic mass is 10.2. The first kappa shape index (κ1) is 13.2. The maximum atomic E-state index is 11.6. The number of carbonyl (C=O) groups is 1. The Balaban J connectivity index is 2.42. The molecule has 0 aliphatic heterocycles. The molecule has 0 radical (unpaired) electrons. The van der Waals surface area contributed by atoms with Crippen molar-refractivity contribution in [2.45, 2.75) is 39.3 Å². The Kier molecular flexibility index (Phi) is 5.49. The van der Waals surface area contributed by atoms with Crippen molar-refractivity contribution in [3.63, 3.8) is 0 Å². The summed E-state index contributed by atoms with van der Waals surface area (Å²) in [5.74, 6) is -0.0473. The molecule has 0 spiro atoms. The second-order valence-corrected chi connectivity index (χ2v) is 4.88. The van der Waals surface area contributed by atoms with Gasteiger partial charge in [0.2, 0.25) is 5.91 Å². The molecule has 16 heavy (non-hydrogen) atoms. The molecule has 0 fully saturated rings. The number of hydrogen-bond donors (Lipinski definition) is 1. The Bertz CT molecular complexity index is 309. The van der Waals surface area contributed by atoms with Crippen molar-refractivity contribution < 1.29 is 9.53 Å². The van der Waals surface area contributed by atoms with Crippen molar-refractivity contribution in [1.82, 2.24) is 5.32 Å². The van der Waals surface area contributed by atoms with E-state index < -0.39 is 0 Å². The Morgan fingerprint density at radius 1 is 1.56 bits per heavy atom. The summed E-state index contributed by atoms with van der Waals surface area (Å²) in [6.45, 7) is 6.04. The number of rotatable bonds is 6. The van der Waals surface area contributed by atoms with E-state index in [0.29, 0.717) is 0 Å². The Hall–Kier alpha value is -0.870. The lowest BCUT2D eigenvalue weighted by molar-refractivity contribution is -0.127. The third-order valence-electron chi connectivity index (χ3n) is 2.18. The van der Waals surface area contributed by atoms with Crippen molar-refractivity contribution in [2.24, 2.45) is 0 Å². The van der Waals surface area contributed by atoms with Crippen LogP contribution in [0.15, 0.2) is 17.5 Å². The van der Waals surface area contributed by atoms with Gasteiger partial charge < -0.3 is 10.1 Å². The van der Waals surface area contributed by atoms with Crippen LogP contribution in [0.4, 0.5) is 0 Å². The number of amides is 1. The zero-order valence-corrected chi connectivity index (χ0v) is 10.8. The molecule has 90 valence electrons. The summed E-state index contributed by atoms with van der Waals surface area (Å²) < 4.78 is 5.26. The molecule has 1 atom stereocenters. The van der Waals surface area contributed by atoms with Crippen LogP contribution in [0.1, 0.15) is 38.1 Å². The van der Waals surface area contributed by atoms with Gasteiger partial charge in [-0.25, -0.2) is 0 Å². The molecule has 0 saturated carbocycles. The second kappa shape index (κ2) is 6.66. The summed E-state index contributed by atoms with van der Waals surface area (Å²) in [6, 6.07) is 4.16. The summed E-state index contributed by atoms with van der Waals surface area (Å²) in [5, 5.41) is 4.99. The van der Waals surface area contributed by atoms with Crippen LogP contribution in [0.5, 0.6) is 0 Å². The maximum absolute atomic E-state index is 11.6. The molecule has 1 N–H and O–H groups in total. The molecule has 3 nitrogen and oxygen atoms in total. The van der Waals surface area contributed by atoms with Crippen molar-refractivity contribution in [3.05, 3.63) is 22.4 Å². The summed E-state index contributed by atoms with van der Waals surface area (Å²) >= 11 is 1.67. The van der Waals surface area contributed by atoms with E-state index in [4.69, 9.17) is 4.74 Å². The van der Waals surface area contributed by atoms with Crippen molar-refractivity contribution in [3.8, 4) is 0 Å². The van der Waals surface area contributed by atoms with Gasteiger partial charge in [0.25, 0.3) is 0 Å².